The van der Waals surface area contributed by atoms with Gasteiger partial charge in [-0.2, -0.15) is 15.0 Å². The van der Waals surface area contributed by atoms with Crippen molar-refractivity contribution in [3.63, 3.8) is 0 Å². The molecule has 1 unspecified atom stereocenters. The Bertz CT molecular complexity index is 2310. The molecule has 1 aliphatic heterocycles. The Morgan fingerprint density at radius 2 is 1.16 bits per heavy atom. The molecule has 3 atom stereocenters. The molecule has 30 heteroatoms. The van der Waals surface area contributed by atoms with Crippen molar-refractivity contribution in [1.29, 1.82) is 0 Å². The maximum atomic E-state index is 12.3. The largest absolute Gasteiger partial charge is 0.481 e. The lowest BCUT2D eigenvalue weighted by Crippen LogP contribution is -2.51. The molecule has 1 aromatic carbocycles. The molecule has 1 aliphatic rings. The minimum atomic E-state index is -1.50. The number of nitrogens with zero attached hydrogens (tertiary/aromatic N) is 8. The number of rotatable bonds is 44. The number of aromatic nitrogens is 3. The van der Waals surface area contributed by atoms with Crippen LogP contribution in [0.4, 0.5) is 28.3 Å². The number of aliphatic carboxylic acids is 7. The van der Waals surface area contributed by atoms with E-state index in [1.165, 1.54) is 0 Å². The van der Waals surface area contributed by atoms with E-state index in [0.29, 0.717) is 64.1 Å². The molecule has 452 valence electrons. The predicted molar refractivity (Wildman–Crippen MR) is 294 cm³/mol. The summed E-state index contributed by atoms with van der Waals surface area (Å²) < 4.78 is 0. The molecular formula is C51H82N14O16. The first-order valence-electron chi connectivity index (χ1n) is 27.2. The van der Waals surface area contributed by atoms with Crippen molar-refractivity contribution in [3.05, 3.63) is 29.8 Å². The zero-order chi connectivity index (χ0) is 59.7. The van der Waals surface area contributed by atoms with E-state index < -0.39 is 85.5 Å². The molecule has 0 aliphatic carbocycles. The number of carbonyl (C=O) groups excluding carboxylic acids is 2. The first-order valence-corrected chi connectivity index (χ1v) is 27.2. The first-order chi connectivity index (χ1) is 38.6. The van der Waals surface area contributed by atoms with Gasteiger partial charge in [-0.15, -0.1) is 0 Å². The van der Waals surface area contributed by atoms with Gasteiger partial charge in [-0.25, -0.2) is 14.4 Å². The third kappa shape index (κ3) is 28.4. The number of carbonyl (C=O) groups is 9. The second-order valence-corrected chi connectivity index (χ2v) is 19.7. The zero-order valence-electron chi connectivity index (χ0n) is 45.8. The minimum absolute atomic E-state index is 0.0339. The molecule has 81 heavy (non-hydrogen) atoms. The van der Waals surface area contributed by atoms with Crippen LogP contribution < -0.4 is 42.5 Å². The summed E-state index contributed by atoms with van der Waals surface area (Å²) in [5, 5.41) is 76.2. The van der Waals surface area contributed by atoms with E-state index in [2.05, 4.69) is 41.1 Å². The predicted octanol–water partition coefficient (Wildman–Crippen LogP) is 0.182. The molecule has 15 N–H and O–H groups in total. The van der Waals surface area contributed by atoms with E-state index >= 15 is 0 Å². The second kappa shape index (κ2) is 37.4. The van der Waals surface area contributed by atoms with E-state index in [1.54, 1.807) is 21.9 Å². The van der Waals surface area contributed by atoms with Crippen molar-refractivity contribution in [2.75, 3.05) is 113 Å². The molecule has 2 aromatic rings. The standard InChI is InChI=1S/C51H82N14O16/c52-19-23-62(31-42(69)70)30-37(64(24-20-53)32-43(71)72)29-35-13-15-36(16-14-35)55-48-58-49(60-50(59-48)65(33-44(73)74)34-45(75)76)63-27-25-61(26-28-63)22-10-6-4-2-1-3-5-7-12-40(66)54-21-9-8-11-38(46(77)78)56-51(81)57-39(47(79)80)17-18-41(67)68/h13-16,37-39H,1-12,17-34,52-53H2,(H,54,66)(H,67,68)(H,69,70)(H,71,72)(H,73,74)(H,75,76)(H,77,78)(H,79,80)(H2,56,57,81)(H,55,58,59,60)/t37?,38-,39-/m0/s1. The number of anilines is 4. The van der Waals surface area contributed by atoms with Crippen LogP contribution in [-0.2, 0) is 44.8 Å². The van der Waals surface area contributed by atoms with E-state index in [1.807, 2.05) is 17.0 Å². The summed E-state index contributed by atoms with van der Waals surface area (Å²) in [7, 11) is 0. The molecule has 0 spiro atoms. The van der Waals surface area contributed by atoms with Gasteiger partial charge in [-0.1, -0.05) is 50.7 Å². The monoisotopic (exact) mass is 1150 g/mol. The maximum absolute atomic E-state index is 12.3. The van der Waals surface area contributed by atoms with Gasteiger partial charge in [0.25, 0.3) is 0 Å². The number of amides is 3. The lowest BCUT2D eigenvalue weighted by atomic mass is 10.0. The zero-order valence-corrected chi connectivity index (χ0v) is 45.8. The quantitative estimate of drug-likeness (QED) is 0.0394. The van der Waals surface area contributed by atoms with Crippen LogP contribution in [0.5, 0.6) is 0 Å². The van der Waals surface area contributed by atoms with Crippen LogP contribution in [0.3, 0.4) is 0 Å². The topological polar surface area (TPSA) is 450 Å². The highest BCUT2D eigenvalue weighted by molar-refractivity contribution is 5.86. The fraction of sp³-hybridized carbons (Fsp3) is 0.647. The van der Waals surface area contributed by atoms with E-state index in [0.717, 1.165) is 68.4 Å². The Labute approximate surface area is 469 Å². The third-order valence-corrected chi connectivity index (χ3v) is 13.2. The molecule has 0 radical (unpaired) electrons. The van der Waals surface area contributed by atoms with Gasteiger partial charge in [0.2, 0.25) is 23.8 Å². The van der Waals surface area contributed by atoms with Gasteiger partial charge in [0.05, 0.1) is 13.1 Å². The number of piperazine rings is 1. The number of urea groups is 1. The molecule has 0 saturated carbocycles. The normalized spacial score (nSPS) is 13.7. The van der Waals surface area contributed by atoms with Gasteiger partial charge in [0.15, 0.2) is 0 Å². The number of carboxylic acids is 7. The summed E-state index contributed by atoms with van der Waals surface area (Å²) in [5.74, 6) is -8.65. The number of unbranched alkanes of at least 4 members (excludes halogenated alkanes) is 8. The molecule has 1 fully saturated rings. The van der Waals surface area contributed by atoms with Gasteiger partial charge in [0, 0.05) is 90.0 Å². The Morgan fingerprint density at radius 1 is 0.593 bits per heavy atom. The Morgan fingerprint density at radius 3 is 1.72 bits per heavy atom. The molecule has 1 saturated heterocycles. The average molecular weight is 1150 g/mol. The summed E-state index contributed by atoms with van der Waals surface area (Å²) in [4.78, 5) is 128. The van der Waals surface area contributed by atoms with Crippen LogP contribution in [0.1, 0.15) is 95.5 Å². The van der Waals surface area contributed by atoms with Gasteiger partial charge in [0.1, 0.15) is 25.2 Å². The van der Waals surface area contributed by atoms with Crippen molar-refractivity contribution in [2.45, 2.75) is 114 Å². The molecule has 3 rings (SSSR count). The SMILES string of the molecule is NCCN(CC(=O)O)CC(Cc1ccc(Nc2nc(N3CCN(CCCCCCCCCCC(=O)NCCCC[C@H](NC(=O)N[C@@H](CCC(=O)O)C(=O)O)C(=O)O)CC3)nc(N(CC(=O)O)CC(=O)O)n2)cc1)N(CCN)CC(=O)O. The van der Waals surface area contributed by atoms with Crippen molar-refractivity contribution in [1.82, 2.24) is 45.6 Å². The fourth-order valence-electron chi connectivity index (χ4n) is 9.07. The fourth-order valence-corrected chi connectivity index (χ4v) is 9.07. The Balaban J connectivity index is 1.45. The van der Waals surface area contributed by atoms with Crippen LogP contribution in [0.2, 0.25) is 0 Å². The van der Waals surface area contributed by atoms with Crippen LogP contribution >= 0.6 is 0 Å². The van der Waals surface area contributed by atoms with Crippen LogP contribution in [0.25, 0.3) is 0 Å². The molecule has 30 nitrogen and oxygen atoms in total. The van der Waals surface area contributed by atoms with Crippen molar-refractivity contribution in [3.8, 4) is 0 Å². The Kier molecular flexibility index (Phi) is 31.3. The summed E-state index contributed by atoms with van der Waals surface area (Å²) in [5.41, 5.74) is 12.9. The maximum Gasteiger partial charge on any atom is 0.326 e. The Hall–Kier alpha value is -7.54. The van der Waals surface area contributed by atoms with E-state index in [4.69, 9.17) is 16.6 Å². The van der Waals surface area contributed by atoms with Crippen LogP contribution in [0, 0.1) is 0 Å². The number of nitrogens with one attached hydrogen (secondary N) is 4. The number of hydrogen-bond donors (Lipinski definition) is 13. The van der Waals surface area contributed by atoms with Crippen molar-refractivity contribution >= 4 is 77.3 Å². The highest BCUT2D eigenvalue weighted by Gasteiger charge is 2.28. The second-order valence-electron chi connectivity index (χ2n) is 19.7. The highest BCUT2D eigenvalue weighted by Crippen LogP contribution is 2.23. The van der Waals surface area contributed by atoms with Crippen molar-refractivity contribution in [2.24, 2.45) is 11.5 Å². The van der Waals surface area contributed by atoms with Gasteiger partial charge >= 0.3 is 47.8 Å². The minimum Gasteiger partial charge on any atom is -0.481 e. The smallest absolute Gasteiger partial charge is 0.326 e. The number of benzene rings is 1. The van der Waals surface area contributed by atoms with Crippen molar-refractivity contribution < 1.29 is 78.9 Å². The summed E-state index contributed by atoms with van der Waals surface area (Å²) in [6, 6.07) is 2.84. The first kappa shape index (κ1) is 67.7. The summed E-state index contributed by atoms with van der Waals surface area (Å²) >= 11 is 0. The highest BCUT2D eigenvalue weighted by atomic mass is 16.4. The average Bonchev–Trinajstić information content (AvgIpc) is 3.41. The summed E-state index contributed by atoms with van der Waals surface area (Å²) in [6.07, 6.45) is 8.54. The number of hydrogen-bond acceptors (Lipinski definition) is 20. The number of nitrogens with two attached hydrogens (primary N) is 2. The molecule has 3 amide bonds. The van der Waals surface area contributed by atoms with Crippen LogP contribution in [0.15, 0.2) is 24.3 Å². The third-order valence-electron chi connectivity index (χ3n) is 13.2. The van der Waals surface area contributed by atoms with E-state index in [9.17, 15) is 73.8 Å². The summed E-state index contributed by atoms with van der Waals surface area (Å²) in [6.45, 7) is 2.87. The van der Waals surface area contributed by atoms with Gasteiger partial charge in [-0.05, 0) is 69.2 Å². The lowest BCUT2D eigenvalue weighted by Gasteiger charge is -2.35. The molecule has 1 aromatic heterocycles. The van der Waals surface area contributed by atoms with Gasteiger partial charge < -0.3 is 78.3 Å². The lowest BCUT2D eigenvalue weighted by molar-refractivity contribution is -0.141. The number of carboxylic acid groups (broad SMARTS) is 7. The van der Waals surface area contributed by atoms with Gasteiger partial charge in [-0.3, -0.25) is 43.5 Å². The van der Waals surface area contributed by atoms with Crippen LogP contribution in [-0.4, -0.2) is 235 Å². The molecular weight excluding hydrogens is 1060 g/mol. The molecule has 0 bridgehead atoms. The van der Waals surface area contributed by atoms with E-state index in [-0.39, 0.29) is 82.4 Å². The molecule has 2 heterocycles.